The van der Waals surface area contributed by atoms with Crippen LogP contribution < -0.4 is 4.90 Å². The second-order valence-electron chi connectivity index (χ2n) is 7.03. The molecular weight excluding hydrogens is 398 g/mol. The van der Waals surface area contributed by atoms with Crippen LogP contribution in [-0.2, 0) is 17.8 Å². The van der Waals surface area contributed by atoms with Crippen molar-refractivity contribution in [2.24, 2.45) is 0 Å². The number of anilines is 1. The Balaban J connectivity index is 1.65. The molecule has 4 aromatic rings. The molecule has 30 heavy (non-hydrogen) atoms. The van der Waals surface area contributed by atoms with Crippen LogP contribution in [0.25, 0.3) is 10.2 Å². The Kier molecular flexibility index (Phi) is 5.54. The zero-order valence-corrected chi connectivity index (χ0v) is 17.1. The molecule has 0 atom stereocenters. The highest BCUT2D eigenvalue weighted by atomic mass is 32.1. The lowest BCUT2D eigenvalue weighted by atomic mass is 10.1. The van der Waals surface area contributed by atoms with Crippen LogP contribution in [-0.4, -0.2) is 15.8 Å². The van der Waals surface area contributed by atoms with Crippen LogP contribution in [0.15, 0.2) is 72.8 Å². The molecule has 150 valence electrons. The fraction of sp³-hybridized carbons (Fsp3) is 0.130. The largest absolute Gasteiger partial charge is 0.283 e. The topological polar surface area (TPSA) is 76.3 Å². The number of amides is 1. The number of nitro groups is 1. The van der Waals surface area contributed by atoms with Crippen molar-refractivity contribution in [1.82, 2.24) is 4.98 Å². The third kappa shape index (κ3) is 4.36. The van der Waals surface area contributed by atoms with Gasteiger partial charge in [0.15, 0.2) is 5.13 Å². The van der Waals surface area contributed by atoms with Crippen LogP contribution in [0, 0.1) is 17.0 Å². The molecule has 1 heterocycles. The van der Waals surface area contributed by atoms with Crippen molar-refractivity contribution in [3.8, 4) is 0 Å². The number of benzene rings is 3. The van der Waals surface area contributed by atoms with E-state index in [1.54, 1.807) is 17.0 Å². The number of hydrogen-bond donors (Lipinski definition) is 0. The number of thiazole rings is 1. The first-order chi connectivity index (χ1) is 14.5. The SMILES string of the molecule is Cc1ccc2nc(N(Cc3ccccc3)C(=O)Cc3ccc([N+](=O)[O-])cc3)sc2c1. The van der Waals surface area contributed by atoms with E-state index >= 15 is 0 Å². The van der Waals surface area contributed by atoms with E-state index in [-0.39, 0.29) is 18.0 Å². The molecule has 0 saturated heterocycles. The molecule has 0 aliphatic carbocycles. The Labute approximate surface area is 177 Å². The van der Waals surface area contributed by atoms with Crippen LogP contribution >= 0.6 is 11.3 Å². The molecular formula is C23H19N3O3S. The fourth-order valence-electron chi connectivity index (χ4n) is 3.17. The van der Waals surface area contributed by atoms with E-state index in [9.17, 15) is 14.9 Å². The van der Waals surface area contributed by atoms with Gasteiger partial charge in [-0.2, -0.15) is 0 Å². The van der Waals surface area contributed by atoms with Gasteiger partial charge in [-0.05, 0) is 35.7 Å². The highest BCUT2D eigenvalue weighted by Crippen LogP contribution is 2.31. The van der Waals surface area contributed by atoms with E-state index in [2.05, 4.69) is 11.1 Å². The summed E-state index contributed by atoms with van der Waals surface area (Å²) in [4.78, 5) is 30.0. The molecule has 3 aromatic carbocycles. The fourth-order valence-corrected chi connectivity index (χ4v) is 4.25. The number of aromatic nitrogens is 1. The quantitative estimate of drug-likeness (QED) is 0.316. The highest BCUT2D eigenvalue weighted by Gasteiger charge is 2.21. The van der Waals surface area contributed by atoms with Crippen molar-refractivity contribution in [2.75, 3.05) is 4.90 Å². The molecule has 4 rings (SSSR count). The van der Waals surface area contributed by atoms with Gasteiger partial charge in [-0.3, -0.25) is 19.8 Å². The second kappa shape index (κ2) is 8.42. The van der Waals surface area contributed by atoms with Crippen molar-refractivity contribution in [3.05, 3.63) is 99.6 Å². The number of carbonyl (C=O) groups is 1. The number of nitro benzene ring substituents is 1. The first kappa shape index (κ1) is 19.7. The van der Waals surface area contributed by atoms with Crippen LogP contribution in [0.1, 0.15) is 16.7 Å². The molecule has 1 aromatic heterocycles. The maximum Gasteiger partial charge on any atom is 0.269 e. The average molecular weight is 417 g/mol. The van der Waals surface area contributed by atoms with Gasteiger partial charge in [0.25, 0.3) is 5.69 Å². The number of rotatable bonds is 6. The van der Waals surface area contributed by atoms with E-state index in [0.717, 1.165) is 26.9 Å². The molecule has 0 spiro atoms. The minimum Gasteiger partial charge on any atom is -0.283 e. The van der Waals surface area contributed by atoms with Crippen molar-refractivity contribution < 1.29 is 9.72 Å². The van der Waals surface area contributed by atoms with E-state index in [1.807, 2.05) is 49.4 Å². The molecule has 1 amide bonds. The molecule has 0 radical (unpaired) electrons. The maximum atomic E-state index is 13.2. The Morgan fingerprint density at radius 1 is 1.03 bits per heavy atom. The summed E-state index contributed by atoms with van der Waals surface area (Å²) in [5, 5.41) is 11.5. The van der Waals surface area contributed by atoms with Crippen LogP contribution in [0.5, 0.6) is 0 Å². The number of aryl methyl sites for hydroxylation is 1. The van der Waals surface area contributed by atoms with Gasteiger partial charge in [-0.1, -0.05) is 59.9 Å². The van der Waals surface area contributed by atoms with Gasteiger partial charge in [0.1, 0.15) is 0 Å². The van der Waals surface area contributed by atoms with E-state index in [0.29, 0.717) is 11.7 Å². The summed E-state index contributed by atoms with van der Waals surface area (Å²) in [6, 6.07) is 21.9. The van der Waals surface area contributed by atoms with Gasteiger partial charge >= 0.3 is 0 Å². The highest BCUT2D eigenvalue weighted by molar-refractivity contribution is 7.22. The lowest BCUT2D eigenvalue weighted by Gasteiger charge is -2.20. The Morgan fingerprint density at radius 3 is 2.47 bits per heavy atom. The molecule has 6 nitrogen and oxygen atoms in total. The van der Waals surface area contributed by atoms with Crippen molar-refractivity contribution >= 4 is 38.3 Å². The summed E-state index contributed by atoms with van der Waals surface area (Å²) in [5.74, 6) is -0.108. The summed E-state index contributed by atoms with van der Waals surface area (Å²) in [7, 11) is 0. The monoisotopic (exact) mass is 417 g/mol. The lowest BCUT2D eigenvalue weighted by Crippen LogP contribution is -2.31. The Morgan fingerprint density at radius 2 is 1.77 bits per heavy atom. The first-order valence-corrected chi connectivity index (χ1v) is 10.3. The third-order valence-electron chi connectivity index (χ3n) is 4.75. The number of fused-ring (bicyclic) bond motifs is 1. The summed E-state index contributed by atoms with van der Waals surface area (Å²) in [5.41, 5.74) is 3.74. The number of nitrogens with zero attached hydrogens (tertiary/aromatic N) is 3. The van der Waals surface area contributed by atoms with Gasteiger partial charge in [0, 0.05) is 12.1 Å². The summed E-state index contributed by atoms with van der Waals surface area (Å²) >= 11 is 1.49. The third-order valence-corrected chi connectivity index (χ3v) is 5.79. The number of hydrogen-bond acceptors (Lipinski definition) is 5. The lowest BCUT2D eigenvalue weighted by molar-refractivity contribution is -0.384. The Hall–Kier alpha value is -3.58. The van der Waals surface area contributed by atoms with Gasteiger partial charge in [0.05, 0.1) is 28.1 Å². The molecule has 0 bridgehead atoms. The molecule has 0 aliphatic heterocycles. The minimum atomic E-state index is -0.448. The zero-order chi connectivity index (χ0) is 21.1. The number of carbonyl (C=O) groups excluding carboxylic acids is 1. The summed E-state index contributed by atoms with van der Waals surface area (Å²) < 4.78 is 1.03. The van der Waals surface area contributed by atoms with Crippen LogP contribution in [0.4, 0.5) is 10.8 Å². The second-order valence-corrected chi connectivity index (χ2v) is 8.04. The summed E-state index contributed by atoms with van der Waals surface area (Å²) in [6.45, 7) is 2.44. The van der Waals surface area contributed by atoms with E-state index < -0.39 is 4.92 Å². The first-order valence-electron chi connectivity index (χ1n) is 9.44. The zero-order valence-electron chi connectivity index (χ0n) is 16.3. The Bertz CT molecular complexity index is 1200. The van der Waals surface area contributed by atoms with Gasteiger partial charge in [-0.25, -0.2) is 4.98 Å². The predicted molar refractivity (Wildman–Crippen MR) is 119 cm³/mol. The molecule has 0 aliphatic rings. The maximum absolute atomic E-state index is 13.2. The van der Waals surface area contributed by atoms with Gasteiger partial charge in [0.2, 0.25) is 5.91 Å². The molecule has 0 N–H and O–H groups in total. The van der Waals surface area contributed by atoms with Crippen molar-refractivity contribution in [1.29, 1.82) is 0 Å². The van der Waals surface area contributed by atoms with Crippen molar-refractivity contribution in [2.45, 2.75) is 19.9 Å². The average Bonchev–Trinajstić information content (AvgIpc) is 3.15. The summed E-state index contributed by atoms with van der Waals surface area (Å²) in [6.07, 6.45) is 0.139. The van der Waals surface area contributed by atoms with Gasteiger partial charge < -0.3 is 0 Å². The predicted octanol–water partition coefficient (Wildman–Crippen LogP) is 5.29. The van der Waals surface area contributed by atoms with Crippen molar-refractivity contribution in [3.63, 3.8) is 0 Å². The van der Waals surface area contributed by atoms with Crippen LogP contribution in [0.2, 0.25) is 0 Å². The number of non-ortho nitro benzene ring substituents is 1. The van der Waals surface area contributed by atoms with Gasteiger partial charge in [-0.15, -0.1) is 0 Å². The van der Waals surface area contributed by atoms with E-state index in [4.69, 9.17) is 0 Å². The normalized spacial score (nSPS) is 10.8. The minimum absolute atomic E-state index is 0.00823. The molecule has 7 heteroatoms. The standard InChI is InChI=1S/C23H19N3O3S/c1-16-7-12-20-21(13-16)30-23(24-20)25(15-18-5-3-2-4-6-18)22(27)14-17-8-10-19(11-9-17)26(28)29/h2-13H,14-15H2,1H3. The smallest absolute Gasteiger partial charge is 0.269 e. The molecule has 0 unspecified atom stereocenters. The van der Waals surface area contributed by atoms with Crippen LogP contribution in [0.3, 0.4) is 0 Å². The molecule has 0 saturated carbocycles. The van der Waals surface area contributed by atoms with E-state index in [1.165, 1.54) is 23.5 Å². The molecule has 0 fully saturated rings.